The van der Waals surface area contributed by atoms with Gasteiger partial charge in [0, 0.05) is 26.2 Å². The Morgan fingerprint density at radius 2 is 2.00 bits per heavy atom. The van der Waals surface area contributed by atoms with Gasteiger partial charge in [0.05, 0.1) is 12.1 Å². The molecule has 0 radical (unpaired) electrons. The Hall–Kier alpha value is -1.59. The molecular weight excluding hydrogens is 268 g/mol. The number of nitrogens with zero attached hydrogens (tertiary/aromatic N) is 2. The summed E-state index contributed by atoms with van der Waals surface area (Å²) in [5.41, 5.74) is 2.49. The quantitative estimate of drug-likeness (QED) is 0.812. The summed E-state index contributed by atoms with van der Waals surface area (Å²) in [5.74, 6) is 0. The van der Waals surface area contributed by atoms with E-state index in [0.717, 1.165) is 25.8 Å². The molecular formula is C16H21N2O3-. The third kappa shape index (κ3) is 2.89. The Bertz CT molecular complexity index is 520. The van der Waals surface area contributed by atoms with Crippen LogP contribution in [0.15, 0.2) is 24.3 Å². The Kier molecular flexibility index (Phi) is 4.12. The second kappa shape index (κ2) is 6.03. The van der Waals surface area contributed by atoms with Crippen molar-refractivity contribution in [3.63, 3.8) is 0 Å². The molecule has 1 aromatic rings. The SMILES string of the molecule is O=C([O-])N1CCCN(C2c3ccccc3CCC2O)CC1. The molecule has 5 heteroatoms. The molecule has 0 spiro atoms. The number of aliphatic hydroxyl groups excluding tert-OH is 1. The van der Waals surface area contributed by atoms with E-state index in [-0.39, 0.29) is 12.1 Å². The molecule has 2 unspecified atom stereocenters. The van der Waals surface area contributed by atoms with Crippen molar-refractivity contribution >= 4 is 6.09 Å². The predicted octanol–water partition coefficient (Wildman–Crippen LogP) is 0.386. The molecule has 0 bridgehead atoms. The largest absolute Gasteiger partial charge is 0.530 e. The molecule has 1 fully saturated rings. The first-order chi connectivity index (χ1) is 10.2. The number of carbonyl (C=O) groups is 1. The summed E-state index contributed by atoms with van der Waals surface area (Å²) in [6, 6.07) is 8.24. The summed E-state index contributed by atoms with van der Waals surface area (Å²) < 4.78 is 0. The van der Waals surface area contributed by atoms with E-state index in [1.807, 2.05) is 12.1 Å². The highest BCUT2D eigenvalue weighted by atomic mass is 16.4. The number of benzene rings is 1. The first kappa shape index (κ1) is 14.4. The summed E-state index contributed by atoms with van der Waals surface area (Å²) in [6.07, 6.45) is 0.977. The molecule has 2 atom stereocenters. The molecule has 1 amide bonds. The highest BCUT2D eigenvalue weighted by Crippen LogP contribution is 2.34. The van der Waals surface area contributed by atoms with Crippen LogP contribution in [0.5, 0.6) is 0 Å². The molecule has 2 aliphatic rings. The van der Waals surface area contributed by atoms with Crippen LogP contribution < -0.4 is 5.11 Å². The molecule has 1 aromatic carbocycles. The van der Waals surface area contributed by atoms with Crippen molar-refractivity contribution in [1.82, 2.24) is 9.80 Å². The molecule has 1 aliphatic carbocycles. The number of carboxylic acid groups (broad SMARTS) is 1. The third-order valence-corrected chi connectivity index (χ3v) is 4.63. The first-order valence-corrected chi connectivity index (χ1v) is 7.62. The number of aliphatic hydroxyl groups is 1. The van der Waals surface area contributed by atoms with Gasteiger partial charge in [-0.3, -0.25) is 4.90 Å². The van der Waals surface area contributed by atoms with Crippen molar-refractivity contribution in [2.75, 3.05) is 26.2 Å². The summed E-state index contributed by atoms with van der Waals surface area (Å²) >= 11 is 0. The Morgan fingerprint density at radius 1 is 1.19 bits per heavy atom. The van der Waals surface area contributed by atoms with Crippen molar-refractivity contribution < 1.29 is 15.0 Å². The maximum Gasteiger partial charge on any atom is 0.136 e. The van der Waals surface area contributed by atoms with Gasteiger partial charge in [-0.1, -0.05) is 24.3 Å². The van der Waals surface area contributed by atoms with Crippen molar-refractivity contribution in [3.8, 4) is 0 Å². The lowest BCUT2D eigenvalue weighted by atomic mass is 9.84. The van der Waals surface area contributed by atoms with E-state index in [9.17, 15) is 15.0 Å². The highest BCUT2D eigenvalue weighted by molar-refractivity contribution is 5.62. The van der Waals surface area contributed by atoms with Crippen LogP contribution in [0.25, 0.3) is 0 Å². The van der Waals surface area contributed by atoms with Crippen LogP contribution in [0.4, 0.5) is 4.79 Å². The Labute approximate surface area is 124 Å². The van der Waals surface area contributed by atoms with Crippen molar-refractivity contribution in [2.24, 2.45) is 0 Å². The van der Waals surface area contributed by atoms with E-state index in [2.05, 4.69) is 17.0 Å². The minimum atomic E-state index is -1.10. The van der Waals surface area contributed by atoms with Gasteiger partial charge in [0.25, 0.3) is 0 Å². The second-order valence-electron chi connectivity index (χ2n) is 5.89. The summed E-state index contributed by atoms with van der Waals surface area (Å²) in [6.45, 7) is 2.42. The van der Waals surface area contributed by atoms with E-state index in [0.29, 0.717) is 19.6 Å². The molecule has 0 aromatic heterocycles. The van der Waals surface area contributed by atoms with Crippen LogP contribution >= 0.6 is 0 Å². The zero-order valence-electron chi connectivity index (χ0n) is 12.1. The lowest BCUT2D eigenvalue weighted by Gasteiger charge is -2.38. The predicted molar refractivity (Wildman–Crippen MR) is 76.7 cm³/mol. The van der Waals surface area contributed by atoms with E-state index in [4.69, 9.17) is 0 Å². The fraction of sp³-hybridized carbons (Fsp3) is 0.562. The first-order valence-electron chi connectivity index (χ1n) is 7.62. The molecule has 1 heterocycles. The number of hydrogen-bond acceptors (Lipinski definition) is 4. The van der Waals surface area contributed by atoms with E-state index < -0.39 is 6.09 Å². The Morgan fingerprint density at radius 3 is 2.81 bits per heavy atom. The van der Waals surface area contributed by atoms with E-state index in [1.54, 1.807) is 0 Å². The molecule has 1 saturated heterocycles. The smallest absolute Gasteiger partial charge is 0.136 e. The number of fused-ring (bicyclic) bond motifs is 1. The van der Waals surface area contributed by atoms with E-state index in [1.165, 1.54) is 16.0 Å². The van der Waals surface area contributed by atoms with Crippen molar-refractivity contribution in [3.05, 3.63) is 35.4 Å². The van der Waals surface area contributed by atoms with Crippen molar-refractivity contribution in [1.29, 1.82) is 0 Å². The normalized spacial score (nSPS) is 27.0. The standard InChI is InChI=1S/C16H22N2O3/c19-14-7-6-12-4-1-2-5-13(12)15(14)17-8-3-9-18(11-10-17)16(20)21/h1-2,4-5,14-15,19H,3,6-11H2,(H,20,21)/p-1. The summed E-state index contributed by atoms with van der Waals surface area (Å²) in [7, 11) is 0. The fourth-order valence-corrected chi connectivity index (χ4v) is 3.56. The average molecular weight is 289 g/mol. The van der Waals surface area contributed by atoms with Crippen LogP contribution in [0.2, 0.25) is 0 Å². The fourth-order valence-electron chi connectivity index (χ4n) is 3.56. The molecule has 21 heavy (non-hydrogen) atoms. The molecule has 1 aliphatic heterocycles. The molecule has 1 N–H and O–H groups in total. The minimum Gasteiger partial charge on any atom is -0.530 e. The zero-order valence-corrected chi connectivity index (χ0v) is 12.1. The maximum absolute atomic E-state index is 11.0. The molecule has 3 rings (SSSR count). The molecule has 114 valence electrons. The van der Waals surface area contributed by atoms with Gasteiger partial charge in [-0.15, -0.1) is 0 Å². The van der Waals surface area contributed by atoms with Crippen LogP contribution in [0.3, 0.4) is 0 Å². The maximum atomic E-state index is 11.0. The lowest BCUT2D eigenvalue weighted by molar-refractivity contribution is -0.265. The van der Waals surface area contributed by atoms with Crippen LogP contribution in [0.1, 0.15) is 30.0 Å². The van der Waals surface area contributed by atoms with Gasteiger partial charge in [0.1, 0.15) is 6.09 Å². The van der Waals surface area contributed by atoms with Gasteiger partial charge in [0.2, 0.25) is 0 Å². The summed E-state index contributed by atoms with van der Waals surface area (Å²) in [4.78, 5) is 14.6. The average Bonchev–Trinajstić information content (AvgIpc) is 2.73. The number of amides is 1. The third-order valence-electron chi connectivity index (χ3n) is 4.63. The number of aryl methyl sites for hydroxylation is 1. The summed E-state index contributed by atoms with van der Waals surface area (Å²) in [5, 5.41) is 21.5. The molecule has 0 saturated carbocycles. The number of hydrogen-bond donors (Lipinski definition) is 1. The van der Waals surface area contributed by atoms with Gasteiger partial charge in [0.15, 0.2) is 0 Å². The van der Waals surface area contributed by atoms with Crippen LogP contribution in [-0.2, 0) is 6.42 Å². The van der Waals surface area contributed by atoms with Gasteiger partial charge in [-0.25, -0.2) is 0 Å². The van der Waals surface area contributed by atoms with Crippen molar-refractivity contribution in [2.45, 2.75) is 31.4 Å². The molecule has 5 nitrogen and oxygen atoms in total. The monoisotopic (exact) mass is 289 g/mol. The van der Waals surface area contributed by atoms with Gasteiger partial charge >= 0.3 is 0 Å². The van der Waals surface area contributed by atoms with Gasteiger partial charge in [-0.2, -0.15) is 0 Å². The second-order valence-corrected chi connectivity index (χ2v) is 5.89. The zero-order chi connectivity index (χ0) is 14.8. The van der Waals surface area contributed by atoms with Gasteiger partial charge < -0.3 is 19.9 Å². The van der Waals surface area contributed by atoms with E-state index >= 15 is 0 Å². The lowest BCUT2D eigenvalue weighted by Crippen LogP contribution is -2.44. The highest BCUT2D eigenvalue weighted by Gasteiger charge is 2.33. The minimum absolute atomic E-state index is 0.0170. The number of rotatable bonds is 1. The Balaban J connectivity index is 1.81. The topological polar surface area (TPSA) is 66.8 Å². The number of carbonyl (C=O) groups excluding carboxylic acids is 1. The van der Waals surface area contributed by atoms with Crippen LogP contribution in [0, 0.1) is 0 Å². The van der Waals surface area contributed by atoms with Gasteiger partial charge in [-0.05, 0) is 30.4 Å². The van der Waals surface area contributed by atoms with Crippen LogP contribution in [-0.4, -0.2) is 53.3 Å².